The van der Waals surface area contributed by atoms with Crippen molar-refractivity contribution in [2.45, 2.75) is 25.3 Å². The first kappa shape index (κ1) is 12.3. The molecule has 0 N–H and O–H groups in total. The summed E-state index contributed by atoms with van der Waals surface area (Å²) in [7, 11) is 0. The Labute approximate surface area is 104 Å². The Morgan fingerprint density at radius 3 is 2.28 bits per heavy atom. The molecule has 1 saturated carbocycles. The first-order chi connectivity index (χ1) is 8.67. The Kier molecular flexibility index (Phi) is 3.43. The third-order valence-electron chi connectivity index (χ3n) is 2.89. The lowest BCUT2D eigenvalue weighted by Crippen LogP contribution is -2.28. The Morgan fingerprint density at radius 1 is 1.22 bits per heavy atom. The van der Waals surface area contributed by atoms with E-state index in [9.17, 15) is 8.78 Å². The van der Waals surface area contributed by atoms with Crippen LogP contribution in [0, 0.1) is 34.3 Å². The second kappa shape index (κ2) is 5.01. The summed E-state index contributed by atoms with van der Waals surface area (Å²) in [5.74, 6) is -1.48. The van der Waals surface area contributed by atoms with Gasteiger partial charge in [0.05, 0.1) is 24.1 Å². The van der Waals surface area contributed by atoms with E-state index in [-0.39, 0.29) is 23.7 Å². The van der Waals surface area contributed by atoms with E-state index in [0.29, 0.717) is 6.54 Å². The average molecular weight is 247 g/mol. The van der Waals surface area contributed by atoms with Crippen molar-refractivity contribution in [1.29, 1.82) is 10.5 Å². The van der Waals surface area contributed by atoms with Gasteiger partial charge in [0.2, 0.25) is 0 Å². The maximum Gasteiger partial charge on any atom is 0.150 e. The Morgan fingerprint density at radius 2 is 1.83 bits per heavy atom. The maximum atomic E-state index is 13.8. The summed E-state index contributed by atoms with van der Waals surface area (Å²) < 4.78 is 27.7. The van der Waals surface area contributed by atoms with Gasteiger partial charge < -0.3 is 4.90 Å². The zero-order valence-electron chi connectivity index (χ0n) is 9.66. The predicted octanol–water partition coefficient (Wildman–Crippen LogP) is 2.72. The van der Waals surface area contributed by atoms with Crippen molar-refractivity contribution in [2.75, 3.05) is 11.4 Å². The van der Waals surface area contributed by atoms with Gasteiger partial charge in [-0.3, -0.25) is 0 Å². The summed E-state index contributed by atoms with van der Waals surface area (Å²) in [6, 6.07) is 5.85. The molecule has 5 heteroatoms. The molecule has 1 aromatic carbocycles. The van der Waals surface area contributed by atoms with Crippen LogP contribution >= 0.6 is 0 Å². The number of benzene rings is 1. The van der Waals surface area contributed by atoms with Gasteiger partial charge in [-0.2, -0.15) is 10.5 Å². The van der Waals surface area contributed by atoms with E-state index in [1.54, 1.807) is 11.0 Å². The van der Waals surface area contributed by atoms with Crippen LogP contribution in [0.25, 0.3) is 0 Å². The molecular weight excluding hydrogens is 236 g/mol. The Balaban J connectivity index is 2.36. The second-order valence-corrected chi connectivity index (χ2v) is 4.23. The highest BCUT2D eigenvalue weighted by molar-refractivity contribution is 5.54. The Bertz CT molecular complexity index is 515. The lowest BCUT2D eigenvalue weighted by atomic mass is 10.1. The summed E-state index contributed by atoms with van der Waals surface area (Å²) in [6.07, 6.45) is 1.98. The van der Waals surface area contributed by atoms with Gasteiger partial charge in [-0.15, -0.1) is 0 Å². The molecule has 0 atom stereocenters. The average Bonchev–Trinajstić information content (AvgIpc) is 3.16. The lowest BCUT2D eigenvalue weighted by molar-refractivity contribution is 0.568. The van der Waals surface area contributed by atoms with Crippen LogP contribution in [-0.4, -0.2) is 12.6 Å². The Hall–Kier alpha value is -2.14. The van der Waals surface area contributed by atoms with Crippen molar-refractivity contribution in [1.82, 2.24) is 0 Å². The molecule has 0 radical (unpaired) electrons. The van der Waals surface area contributed by atoms with E-state index < -0.39 is 11.6 Å². The molecule has 0 amide bonds. The van der Waals surface area contributed by atoms with Crippen LogP contribution in [0.15, 0.2) is 12.1 Å². The van der Waals surface area contributed by atoms with Crippen LogP contribution < -0.4 is 4.90 Å². The van der Waals surface area contributed by atoms with Crippen molar-refractivity contribution < 1.29 is 8.78 Å². The SMILES string of the molecule is N#CCCN(c1c(F)cc(C#N)cc1F)C1CC1. The van der Waals surface area contributed by atoms with Crippen molar-refractivity contribution in [3.63, 3.8) is 0 Å². The number of nitriles is 2. The van der Waals surface area contributed by atoms with Gasteiger partial charge in [0.25, 0.3) is 0 Å². The summed E-state index contributed by atoms with van der Waals surface area (Å²) in [6.45, 7) is 0.306. The number of halogens is 2. The maximum absolute atomic E-state index is 13.8. The molecule has 18 heavy (non-hydrogen) atoms. The molecule has 0 heterocycles. The molecule has 2 rings (SSSR count). The zero-order valence-corrected chi connectivity index (χ0v) is 9.66. The number of nitrogens with zero attached hydrogens (tertiary/aromatic N) is 3. The molecule has 0 saturated heterocycles. The first-order valence-corrected chi connectivity index (χ1v) is 5.70. The monoisotopic (exact) mass is 247 g/mol. The van der Waals surface area contributed by atoms with E-state index >= 15 is 0 Å². The van der Waals surface area contributed by atoms with Crippen LogP contribution in [0.4, 0.5) is 14.5 Å². The van der Waals surface area contributed by atoms with Crippen LogP contribution in [0.5, 0.6) is 0 Å². The predicted molar refractivity (Wildman–Crippen MR) is 61.7 cm³/mol. The fourth-order valence-electron chi connectivity index (χ4n) is 1.94. The van der Waals surface area contributed by atoms with Gasteiger partial charge in [-0.1, -0.05) is 0 Å². The van der Waals surface area contributed by atoms with E-state index in [1.165, 1.54) is 0 Å². The van der Waals surface area contributed by atoms with E-state index in [2.05, 4.69) is 0 Å². The highest BCUT2D eigenvalue weighted by Crippen LogP contribution is 2.35. The number of anilines is 1. The molecule has 0 aliphatic heterocycles. The topological polar surface area (TPSA) is 50.8 Å². The molecule has 0 spiro atoms. The number of hydrogen-bond acceptors (Lipinski definition) is 3. The van der Waals surface area contributed by atoms with Gasteiger partial charge in [0.15, 0.2) is 11.6 Å². The highest BCUT2D eigenvalue weighted by atomic mass is 19.1. The van der Waals surface area contributed by atoms with Gasteiger partial charge in [-0.25, -0.2) is 8.78 Å². The van der Waals surface area contributed by atoms with Gasteiger partial charge in [0, 0.05) is 12.6 Å². The lowest BCUT2D eigenvalue weighted by Gasteiger charge is -2.24. The summed E-state index contributed by atoms with van der Waals surface area (Å²) >= 11 is 0. The van der Waals surface area contributed by atoms with E-state index in [0.717, 1.165) is 25.0 Å². The molecule has 1 aliphatic carbocycles. The van der Waals surface area contributed by atoms with Crippen molar-refractivity contribution >= 4 is 5.69 Å². The summed E-state index contributed by atoms with van der Waals surface area (Å²) in [5.41, 5.74) is -0.156. The van der Waals surface area contributed by atoms with Crippen LogP contribution in [0.2, 0.25) is 0 Å². The summed E-state index contributed by atoms with van der Waals surface area (Å²) in [4.78, 5) is 1.59. The van der Waals surface area contributed by atoms with Gasteiger partial charge in [0.1, 0.15) is 5.69 Å². The third kappa shape index (κ3) is 2.41. The van der Waals surface area contributed by atoms with Crippen molar-refractivity contribution in [2.24, 2.45) is 0 Å². The minimum atomic E-state index is -0.739. The van der Waals surface area contributed by atoms with Crippen LogP contribution in [-0.2, 0) is 0 Å². The molecule has 3 nitrogen and oxygen atoms in total. The molecule has 1 aliphatic rings. The van der Waals surface area contributed by atoms with Crippen LogP contribution in [0.3, 0.4) is 0 Å². The molecule has 92 valence electrons. The first-order valence-electron chi connectivity index (χ1n) is 5.70. The number of rotatable bonds is 4. The van der Waals surface area contributed by atoms with E-state index in [1.807, 2.05) is 6.07 Å². The fraction of sp³-hybridized carbons (Fsp3) is 0.385. The van der Waals surface area contributed by atoms with Crippen LogP contribution in [0.1, 0.15) is 24.8 Å². The molecule has 1 aromatic rings. The summed E-state index contributed by atoms with van der Waals surface area (Å²) in [5, 5.41) is 17.2. The standard InChI is InChI=1S/C13H11F2N3/c14-11-6-9(8-17)7-12(15)13(11)18(5-1-4-16)10-2-3-10/h6-7,10H,1-3,5H2. The highest BCUT2D eigenvalue weighted by Gasteiger charge is 2.32. The van der Waals surface area contributed by atoms with Gasteiger partial charge >= 0.3 is 0 Å². The molecular formula is C13H11F2N3. The van der Waals surface area contributed by atoms with E-state index in [4.69, 9.17) is 10.5 Å². The second-order valence-electron chi connectivity index (χ2n) is 4.23. The largest absolute Gasteiger partial charge is 0.363 e. The molecule has 0 unspecified atom stereocenters. The normalized spacial score (nSPS) is 13.8. The zero-order chi connectivity index (χ0) is 13.1. The minimum absolute atomic E-state index is 0.0372. The minimum Gasteiger partial charge on any atom is -0.363 e. The third-order valence-corrected chi connectivity index (χ3v) is 2.89. The molecule has 0 aromatic heterocycles. The van der Waals surface area contributed by atoms with Crippen molar-refractivity contribution in [3.05, 3.63) is 29.3 Å². The quantitative estimate of drug-likeness (QED) is 0.822. The number of hydrogen-bond donors (Lipinski definition) is 0. The van der Waals surface area contributed by atoms with Crippen molar-refractivity contribution in [3.8, 4) is 12.1 Å². The molecule has 0 bridgehead atoms. The van der Waals surface area contributed by atoms with Gasteiger partial charge in [-0.05, 0) is 25.0 Å². The smallest absolute Gasteiger partial charge is 0.150 e. The molecule has 1 fully saturated rings. The fourth-order valence-corrected chi connectivity index (χ4v) is 1.94.